The first-order valence-electron chi connectivity index (χ1n) is 8.84. The Labute approximate surface area is 152 Å². The molecular formula is C21H21NO4. The van der Waals surface area contributed by atoms with Gasteiger partial charge in [0.25, 0.3) is 0 Å². The van der Waals surface area contributed by atoms with Crippen LogP contribution < -0.4 is 18.9 Å². The van der Waals surface area contributed by atoms with E-state index >= 15 is 0 Å². The van der Waals surface area contributed by atoms with Gasteiger partial charge in [0, 0.05) is 18.0 Å². The molecule has 0 bridgehead atoms. The summed E-state index contributed by atoms with van der Waals surface area (Å²) >= 11 is 0. The second-order valence-electron chi connectivity index (χ2n) is 6.01. The van der Waals surface area contributed by atoms with Crippen LogP contribution in [0.5, 0.6) is 23.0 Å². The van der Waals surface area contributed by atoms with E-state index in [1.54, 1.807) is 0 Å². The zero-order chi connectivity index (χ0) is 17.9. The summed E-state index contributed by atoms with van der Waals surface area (Å²) in [6.45, 7) is 5.40. The third-order valence-corrected chi connectivity index (χ3v) is 4.32. The van der Waals surface area contributed by atoms with Gasteiger partial charge in [-0.1, -0.05) is 6.07 Å². The largest absolute Gasteiger partial charge is 0.490 e. The minimum atomic E-state index is 0.281. The maximum absolute atomic E-state index is 5.77. The predicted octanol–water partition coefficient (Wildman–Crippen LogP) is 4.35. The molecule has 2 aromatic carbocycles. The summed E-state index contributed by atoms with van der Waals surface area (Å²) in [6, 6.07) is 12.1. The number of hydrogen-bond acceptors (Lipinski definition) is 5. The number of nitrogens with zero attached hydrogens (tertiary/aromatic N) is 1. The fraction of sp³-hybridized carbons (Fsp3) is 0.286. The molecule has 1 aliphatic heterocycles. The van der Waals surface area contributed by atoms with Crippen molar-refractivity contribution in [2.45, 2.75) is 20.3 Å². The minimum Gasteiger partial charge on any atom is -0.490 e. The Hall–Kier alpha value is -2.95. The molecule has 1 aromatic heterocycles. The molecule has 5 heteroatoms. The number of rotatable bonds is 6. The highest BCUT2D eigenvalue weighted by atomic mass is 16.7. The third kappa shape index (κ3) is 3.12. The molecule has 0 saturated heterocycles. The van der Waals surface area contributed by atoms with Crippen LogP contribution in [0, 0.1) is 0 Å². The van der Waals surface area contributed by atoms with E-state index < -0.39 is 0 Å². The molecule has 0 atom stereocenters. The third-order valence-electron chi connectivity index (χ3n) is 4.32. The van der Waals surface area contributed by atoms with Gasteiger partial charge in [-0.2, -0.15) is 0 Å². The zero-order valence-electron chi connectivity index (χ0n) is 15.0. The van der Waals surface area contributed by atoms with E-state index in [2.05, 4.69) is 4.98 Å². The van der Waals surface area contributed by atoms with E-state index in [4.69, 9.17) is 18.9 Å². The summed E-state index contributed by atoms with van der Waals surface area (Å²) in [5, 5.41) is 2.15. The fourth-order valence-corrected chi connectivity index (χ4v) is 3.16. The highest BCUT2D eigenvalue weighted by Crippen LogP contribution is 2.36. The highest BCUT2D eigenvalue weighted by Gasteiger charge is 2.15. The fourth-order valence-electron chi connectivity index (χ4n) is 3.16. The summed E-state index contributed by atoms with van der Waals surface area (Å²) < 4.78 is 22.4. The molecule has 0 unspecified atom stereocenters. The number of benzene rings is 2. The van der Waals surface area contributed by atoms with E-state index in [0.717, 1.165) is 45.0 Å². The summed E-state index contributed by atoms with van der Waals surface area (Å²) in [7, 11) is 0. The Morgan fingerprint density at radius 3 is 2.50 bits per heavy atom. The van der Waals surface area contributed by atoms with Crippen LogP contribution in [0.15, 0.2) is 42.6 Å². The summed E-state index contributed by atoms with van der Waals surface area (Å²) in [5.41, 5.74) is 2.12. The van der Waals surface area contributed by atoms with Crippen molar-refractivity contribution in [3.63, 3.8) is 0 Å². The van der Waals surface area contributed by atoms with Crippen LogP contribution in [0.1, 0.15) is 25.1 Å². The molecule has 2 heterocycles. The molecule has 134 valence electrons. The van der Waals surface area contributed by atoms with Crippen molar-refractivity contribution in [3.05, 3.63) is 53.9 Å². The maximum atomic E-state index is 5.77. The minimum absolute atomic E-state index is 0.281. The van der Waals surface area contributed by atoms with Gasteiger partial charge in [-0.15, -0.1) is 0 Å². The van der Waals surface area contributed by atoms with Crippen molar-refractivity contribution < 1.29 is 18.9 Å². The van der Waals surface area contributed by atoms with Gasteiger partial charge in [-0.05, 0) is 55.1 Å². The molecule has 0 aliphatic carbocycles. The highest BCUT2D eigenvalue weighted by molar-refractivity contribution is 5.88. The Kier molecular flexibility index (Phi) is 4.52. The van der Waals surface area contributed by atoms with Gasteiger partial charge in [-0.25, -0.2) is 0 Å². The second-order valence-corrected chi connectivity index (χ2v) is 6.01. The molecule has 4 rings (SSSR count). The first kappa shape index (κ1) is 16.5. The lowest BCUT2D eigenvalue weighted by Crippen LogP contribution is -2.00. The van der Waals surface area contributed by atoms with Crippen molar-refractivity contribution in [2.24, 2.45) is 0 Å². The monoisotopic (exact) mass is 351 g/mol. The number of hydrogen-bond donors (Lipinski definition) is 0. The smallest absolute Gasteiger partial charge is 0.231 e. The van der Waals surface area contributed by atoms with Crippen LogP contribution in [-0.2, 0) is 6.42 Å². The molecule has 0 N–H and O–H groups in total. The van der Waals surface area contributed by atoms with Crippen LogP contribution in [0.4, 0.5) is 0 Å². The molecule has 0 saturated carbocycles. The van der Waals surface area contributed by atoms with Gasteiger partial charge in [-0.3, -0.25) is 4.98 Å². The van der Waals surface area contributed by atoms with E-state index in [1.807, 2.05) is 56.4 Å². The van der Waals surface area contributed by atoms with Crippen LogP contribution in [0.25, 0.3) is 10.8 Å². The predicted molar refractivity (Wildman–Crippen MR) is 99.5 cm³/mol. The van der Waals surface area contributed by atoms with Gasteiger partial charge >= 0.3 is 0 Å². The van der Waals surface area contributed by atoms with Crippen LogP contribution in [0.3, 0.4) is 0 Å². The average Bonchev–Trinajstić information content (AvgIpc) is 3.11. The summed E-state index contributed by atoms with van der Waals surface area (Å²) in [4.78, 5) is 4.60. The molecular weight excluding hydrogens is 330 g/mol. The Bertz CT molecular complexity index is 939. The summed E-state index contributed by atoms with van der Waals surface area (Å²) in [5.74, 6) is 3.10. The van der Waals surface area contributed by atoms with Gasteiger partial charge in [0.05, 0.1) is 18.9 Å². The Morgan fingerprint density at radius 1 is 0.923 bits per heavy atom. The van der Waals surface area contributed by atoms with Crippen LogP contribution in [-0.4, -0.2) is 25.0 Å². The SMILES string of the molecule is CCOc1cc2ccnc(Cc3ccc4c(c3)OCO4)c2cc1OCC. The normalized spacial score (nSPS) is 12.4. The molecule has 3 aromatic rings. The molecule has 0 spiro atoms. The molecule has 0 amide bonds. The van der Waals surface area contributed by atoms with Crippen molar-refractivity contribution in [2.75, 3.05) is 20.0 Å². The molecule has 5 nitrogen and oxygen atoms in total. The van der Waals surface area contributed by atoms with E-state index in [-0.39, 0.29) is 6.79 Å². The molecule has 0 fully saturated rings. The van der Waals surface area contributed by atoms with Crippen LogP contribution >= 0.6 is 0 Å². The van der Waals surface area contributed by atoms with Crippen molar-refractivity contribution >= 4 is 10.8 Å². The standard InChI is InChI=1S/C21H21NO4/c1-3-23-20-11-15-7-8-22-17(16(15)12-21(20)24-4-2)9-14-5-6-18-19(10-14)26-13-25-18/h5-8,10-12H,3-4,9,13H2,1-2H3. The van der Waals surface area contributed by atoms with Gasteiger partial charge in [0.1, 0.15) is 0 Å². The summed E-state index contributed by atoms with van der Waals surface area (Å²) in [6.07, 6.45) is 2.54. The van der Waals surface area contributed by atoms with Gasteiger partial charge < -0.3 is 18.9 Å². The van der Waals surface area contributed by atoms with Crippen LogP contribution in [0.2, 0.25) is 0 Å². The molecule has 26 heavy (non-hydrogen) atoms. The maximum Gasteiger partial charge on any atom is 0.231 e. The molecule has 0 radical (unpaired) electrons. The van der Waals surface area contributed by atoms with Gasteiger partial charge in [0.2, 0.25) is 6.79 Å². The van der Waals surface area contributed by atoms with Gasteiger partial charge in [0.15, 0.2) is 23.0 Å². The quantitative estimate of drug-likeness (QED) is 0.661. The average molecular weight is 351 g/mol. The number of aromatic nitrogens is 1. The lowest BCUT2D eigenvalue weighted by Gasteiger charge is -2.14. The first-order chi connectivity index (χ1) is 12.8. The Balaban J connectivity index is 1.73. The second kappa shape index (κ2) is 7.12. The lowest BCUT2D eigenvalue weighted by molar-refractivity contribution is 0.174. The number of fused-ring (bicyclic) bond motifs is 2. The topological polar surface area (TPSA) is 49.8 Å². The van der Waals surface area contributed by atoms with E-state index in [0.29, 0.717) is 19.6 Å². The number of ether oxygens (including phenoxy) is 4. The first-order valence-corrected chi connectivity index (χ1v) is 8.84. The zero-order valence-corrected chi connectivity index (χ0v) is 15.0. The van der Waals surface area contributed by atoms with E-state index in [1.165, 1.54) is 0 Å². The molecule has 1 aliphatic rings. The van der Waals surface area contributed by atoms with E-state index in [9.17, 15) is 0 Å². The van der Waals surface area contributed by atoms with Crippen molar-refractivity contribution in [1.29, 1.82) is 0 Å². The lowest BCUT2D eigenvalue weighted by atomic mass is 10.0. The Morgan fingerprint density at radius 2 is 1.69 bits per heavy atom. The number of pyridine rings is 1. The van der Waals surface area contributed by atoms with Crippen molar-refractivity contribution in [1.82, 2.24) is 4.98 Å². The van der Waals surface area contributed by atoms with Crippen molar-refractivity contribution in [3.8, 4) is 23.0 Å².